The standard InChI is InChI=1S/C11H9ClFNO/c1-7-2-3-8(4-9(7)13)11-10(5-12)14-6-15-11/h2-4,6H,5H2,1H3. The Morgan fingerprint density at radius 2 is 2.27 bits per heavy atom. The van der Waals surface area contributed by atoms with Gasteiger partial charge < -0.3 is 4.42 Å². The fourth-order valence-corrected chi connectivity index (χ4v) is 1.52. The number of oxazole rings is 1. The maximum atomic E-state index is 13.3. The minimum Gasteiger partial charge on any atom is -0.443 e. The van der Waals surface area contributed by atoms with Crippen molar-refractivity contribution >= 4 is 11.6 Å². The van der Waals surface area contributed by atoms with E-state index in [1.165, 1.54) is 12.5 Å². The lowest BCUT2D eigenvalue weighted by Gasteiger charge is -2.01. The first-order chi connectivity index (χ1) is 7.22. The Kier molecular flexibility index (Phi) is 2.73. The molecule has 0 fully saturated rings. The Hall–Kier alpha value is -1.35. The molecule has 0 unspecified atom stereocenters. The van der Waals surface area contributed by atoms with Crippen molar-refractivity contribution in [2.75, 3.05) is 0 Å². The normalized spacial score (nSPS) is 10.6. The lowest BCUT2D eigenvalue weighted by molar-refractivity contribution is 0.569. The van der Waals surface area contributed by atoms with Crippen LogP contribution in [0.4, 0.5) is 4.39 Å². The van der Waals surface area contributed by atoms with E-state index in [0.717, 1.165) is 0 Å². The number of benzene rings is 1. The van der Waals surface area contributed by atoms with Gasteiger partial charge in [0.1, 0.15) is 11.5 Å². The number of hydrogen-bond acceptors (Lipinski definition) is 2. The molecule has 15 heavy (non-hydrogen) atoms. The van der Waals surface area contributed by atoms with Gasteiger partial charge in [-0.15, -0.1) is 11.6 Å². The van der Waals surface area contributed by atoms with Crippen molar-refractivity contribution < 1.29 is 8.81 Å². The quantitative estimate of drug-likeness (QED) is 0.731. The zero-order chi connectivity index (χ0) is 10.8. The molecule has 0 spiro atoms. The van der Waals surface area contributed by atoms with Crippen molar-refractivity contribution in [3.05, 3.63) is 41.7 Å². The summed E-state index contributed by atoms with van der Waals surface area (Å²) in [6.07, 6.45) is 1.31. The third-order valence-electron chi connectivity index (χ3n) is 2.20. The topological polar surface area (TPSA) is 26.0 Å². The number of rotatable bonds is 2. The first-order valence-corrected chi connectivity index (χ1v) is 5.00. The number of nitrogens with zero attached hydrogens (tertiary/aromatic N) is 1. The SMILES string of the molecule is Cc1ccc(-c2ocnc2CCl)cc1F. The molecule has 78 valence electrons. The van der Waals surface area contributed by atoms with E-state index in [1.54, 1.807) is 19.1 Å². The molecule has 0 aliphatic carbocycles. The fourth-order valence-electron chi connectivity index (χ4n) is 1.33. The van der Waals surface area contributed by atoms with Gasteiger partial charge in [-0.05, 0) is 18.6 Å². The number of hydrogen-bond donors (Lipinski definition) is 0. The van der Waals surface area contributed by atoms with Gasteiger partial charge in [0, 0.05) is 5.56 Å². The van der Waals surface area contributed by atoms with Crippen LogP contribution >= 0.6 is 11.6 Å². The number of aryl methyl sites for hydroxylation is 1. The summed E-state index contributed by atoms with van der Waals surface area (Å²) in [4.78, 5) is 3.94. The van der Waals surface area contributed by atoms with Crippen LogP contribution in [0.1, 0.15) is 11.3 Å². The van der Waals surface area contributed by atoms with Crippen LogP contribution in [-0.2, 0) is 5.88 Å². The third kappa shape index (κ3) is 1.88. The molecule has 0 N–H and O–H groups in total. The first kappa shape index (κ1) is 10.2. The second-order valence-electron chi connectivity index (χ2n) is 3.23. The highest BCUT2D eigenvalue weighted by molar-refractivity contribution is 6.17. The van der Waals surface area contributed by atoms with E-state index in [1.807, 2.05) is 0 Å². The molecule has 0 atom stereocenters. The summed E-state index contributed by atoms with van der Waals surface area (Å²) in [5.74, 6) is 0.523. The van der Waals surface area contributed by atoms with E-state index < -0.39 is 0 Å². The van der Waals surface area contributed by atoms with Gasteiger partial charge >= 0.3 is 0 Å². The van der Waals surface area contributed by atoms with Gasteiger partial charge in [0.15, 0.2) is 12.2 Å². The molecule has 0 aliphatic heterocycles. The van der Waals surface area contributed by atoms with Crippen molar-refractivity contribution in [3.63, 3.8) is 0 Å². The summed E-state index contributed by atoms with van der Waals surface area (Å²) in [5.41, 5.74) is 1.89. The predicted molar refractivity (Wildman–Crippen MR) is 56.2 cm³/mol. The Morgan fingerprint density at radius 1 is 1.47 bits per heavy atom. The average Bonchev–Trinajstić information content (AvgIpc) is 2.70. The zero-order valence-corrected chi connectivity index (χ0v) is 8.88. The van der Waals surface area contributed by atoms with Gasteiger partial charge in [0.05, 0.1) is 5.88 Å². The minimum atomic E-state index is -0.260. The summed E-state index contributed by atoms with van der Waals surface area (Å²) >= 11 is 5.68. The highest BCUT2D eigenvalue weighted by Gasteiger charge is 2.10. The second kappa shape index (κ2) is 4.03. The Bertz CT molecular complexity index is 481. The van der Waals surface area contributed by atoms with Crippen LogP contribution in [-0.4, -0.2) is 4.98 Å². The Balaban J connectivity index is 2.50. The van der Waals surface area contributed by atoms with Crippen molar-refractivity contribution in [3.8, 4) is 11.3 Å². The lowest BCUT2D eigenvalue weighted by Crippen LogP contribution is -1.86. The Morgan fingerprint density at radius 3 is 2.93 bits per heavy atom. The fraction of sp³-hybridized carbons (Fsp3) is 0.182. The molecule has 0 bridgehead atoms. The third-order valence-corrected chi connectivity index (χ3v) is 2.45. The van der Waals surface area contributed by atoms with E-state index >= 15 is 0 Å². The molecule has 0 aliphatic rings. The molecule has 2 rings (SSSR count). The molecule has 0 saturated carbocycles. The maximum Gasteiger partial charge on any atom is 0.181 e. The van der Waals surface area contributed by atoms with Crippen LogP contribution in [0.15, 0.2) is 29.0 Å². The number of alkyl halides is 1. The predicted octanol–water partition coefficient (Wildman–Crippen LogP) is 3.53. The van der Waals surface area contributed by atoms with Gasteiger partial charge in [-0.25, -0.2) is 9.37 Å². The van der Waals surface area contributed by atoms with Crippen molar-refractivity contribution in [1.82, 2.24) is 4.98 Å². The van der Waals surface area contributed by atoms with Gasteiger partial charge in [-0.1, -0.05) is 12.1 Å². The summed E-state index contributed by atoms with van der Waals surface area (Å²) in [6, 6.07) is 4.91. The van der Waals surface area contributed by atoms with Crippen LogP contribution in [0.3, 0.4) is 0 Å². The van der Waals surface area contributed by atoms with E-state index in [-0.39, 0.29) is 11.7 Å². The summed E-state index contributed by atoms with van der Waals surface area (Å²) in [7, 11) is 0. The summed E-state index contributed by atoms with van der Waals surface area (Å²) in [5, 5.41) is 0. The van der Waals surface area contributed by atoms with E-state index in [4.69, 9.17) is 16.0 Å². The minimum absolute atomic E-state index is 0.251. The molecule has 1 aromatic carbocycles. The van der Waals surface area contributed by atoms with E-state index in [9.17, 15) is 4.39 Å². The van der Waals surface area contributed by atoms with Crippen LogP contribution in [0.5, 0.6) is 0 Å². The number of aromatic nitrogens is 1. The summed E-state index contributed by atoms with van der Waals surface area (Å²) in [6.45, 7) is 1.71. The molecular weight excluding hydrogens is 217 g/mol. The zero-order valence-electron chi connectivity index (χ0n) is 8.13. The average molecular weight is 226 g/mol. The van der Waals surface area contributed by atoms with Crippen LogP contribution < -0.4 is 0 Å². The van der Waals surface area contributed by atoms with Gasteiger partial charge in [-0.3, -0.25) is 0 Å². The molecule has 2 nitrogen and oxygen atoms in total. The van der Waals surface area contributed by atoms with Gasteiger partial charge in [0.2, 0.25) is 0 Å². The highest BCUT2D eigenvalue weighted by Crippen LogP contribution is 2.25. The van der Waals surface area contributed by atoms with Gasteiger partial charge in [0.25, 0.3) is 0 Å². The summed E-state index contributed by atoms with van der Waals surface area (Å²) < 4.78 is 18.5. The van der Waals surface area contributed by atoms with Crippen molar-refractivity contribution in [2.45, 2.75) is 12.8 Å². The Labute approximate surface area is 91.7 Å². The molecular formula is C11H9ClFNO. The number of halogens is 2. The molecule has 4 heteroatoms. The van der Waals surface area contributed by atoms with Crippen LogP contribution in [0.2, 0.25) is 0 Å². The smallest absolute Gasteiger partial charge is 0.181 e. The van der Waals surface area contributed by atoms with Crippen LogP contribution in [0, 0.1) is 12.7 Å². The first-order valence-electron chi connectivity index (χ1n) is 4.47. The second-order valence-corrected chi connectivity index (χ2v) is 3.49. The molecule has 1 aromatic heterocycles. The molecule has 0 radical (unpaired) electrons. The molecule has 0 saturated heterocycles. The van der Waals surface area contributed by atoms with Crippen molar-refractivity contribution in [1.29, 1.82) is 0 Å². The maximum absolute atomic E-state index is 13.3. The van der Waals surface area contributed by atoms with E-state index in [2.05, 4.69) is 4.98 Å². The van der Waals surface area contributed by atoms with E-state index in [0.29, 0.717) is 22.6 Å². The molecule has 1 heterocycles. The monoisotopic (exact) mass is 225 g/mol. The molecule has 2 aromatic rings. The lowest BCUT2D eigenvalue weighted by atomic mass is 10.1. The van der Waals surface area contributed by atoms with Crippen molar-refractivity contribution in [2.24, 2.45) is 0 Å². The van der Waals surface area contributed by atoms with Gasteiger partial charge in [-0.2, -0.15) is 0 Å². The molecule has 0 amide bonds. The van der Waals surface area contributed by atoms with Crippen LogP contribution in [0.25, 0.3) is 11.3 Å². The largest absolute Gasteiger partial charge is 0.443 e. The highest BCUT2D eigenvalue weighted by atomic mass is 35.5.